The van der Waals surface area contributed by atoms with Gasteiger partial charge in [0, 0.05) is 17.7 Å². The molecule has 2 aromatic carbocycles. The maximum atomic E-state index is 13.1. The number of anilines is 1. The van der Waals surface area contributed by atoms with E-state index in [0.29, 0.717) is 30.0 Å². The number of hydrogen-bond acceptors (Lipinski definition) is 7. The molecule has 0 saturated carbocycles. The quantitative estimate of drug-likeness (QED) is 0.442. The summed E-state index contributed by atoms with van der Waals surface area (Å²) in [5, 5.41) is 2.85. The van der Waals surface area contributed by atoms with Crippen LogP contribution in [0.4, 0.5) is 5.69 Å². The number of ether oxygens (including phenoxy) is 4. The van der Waals surface area contributed by atoms with E-state index in [-0.39, 0.29) is 29.5 Å². The van der Waals surface area contributed by atoms with Crippen LogP contribution in [0.2, 0.25) is 0 Å². The van der Waals surface area contributed by atoms with Crippen LogP contribution >= 0.6 is 0 Å². The van der Waals surface area contributed by atoms with Gasteiger partial charge in [-0.05, 0) is 49.2 Å². The fraction of sp³-hybridized carbons (Fsp3) is 0.400. The number of methoxy groups -OCH3 is 2. The number of fused-ring (bicyclic) bond motifs is 1. The number of carbonyl (C=O) groups excluding carboxylic acids is 3. The highest BCUT2D eigenvalue weighted by atomic mass is 16.6. The Balaban J connectivity index is 1.52. The van der Waals surface area contributed by atoms with Crippen molar-refractivity contribution in [2.75, 3.05) is 26.1 Å². The number of unbranched alkanes of at least 4 members (excludes halogenated alkanes) is 1. The van der Waals surface area contributed by atoms with Gasteiger partial charge in [0.2, 0.25) is 18.0 Å². The van der Waals surface area contributed by atoms with E-state index in [9.17, 15) is 14.4 Å². The Hall–Kier alpha value is -3.75. The summed E-state index contributed by atoms with van der Waals surface area (Å²) in [6, 6.07) is 9.60. The maximum Gasteiger partial charge on any atom is 0.344 e. The van der Waals surface area contributed by atoms with Crippen LogP contribution < -0.4 is 19.5 Å². The lowest BCUT2D eigenvalue weighted by Crippen LogP contribution is -2.43. The molecule has 2 atom stereocenters. The maximum absolute atomic E-state index is 13.1. The molecule has 0 aliphatic carbocycles. The minimum Gasteiger partial charge on any atom is -0.494 e. The molecular formula is C25H28N2O7. The van der Waals surface area contributed by atoms with Crippen LogP contribution in [0.1, 0.15) is 54.8 Å². The highest BCUT2D eigenvalue weighted by Gasteiger charge is 2.47. The first-order chi connectivity index (χ1) is 16.5. The van der Waals surface area contributed by atoms with Crippen LogP contribution in [0.3, 0.4) is 0 Å². The first-order valence-electron chi connectivity index (χ1n) is 11.3. The van der Waals surface area contributed by atoms with E-state index in [2.05, 4.69) is 12.2 Å². The Labute approximate surface area is 197 Å². The Kier molecular flexibility index (Phi) is 6.90. The molecule has 4 rings (SSSR count). The van der Waals surface area contributed by atoms with Crippen molar-refractivity contribution in [3.63, 3.8) is 0 Å². The molecule has 9 nitrogen and oxygen atoms in total. The van der Waals surface area contributed by atoms with Crippen molar-refractivity contribution in [2.24, 2.45) is 0 Å². The van der Waals surface area contributed by atoms with Gasteiger partial charge < -0.3 is 24.3 Å². The number of hydrogen-bond donors (Lipinski definition) is 1. The van der Waals surface area contributed by atoms with Crippen LogP contribution in [-0.2, 0) is 14.3 Å². The monoisotopic (exact) mass is 468 g/mol. The molecule has 34 heavy (non-hydrogen) atoms. The van der Waals surface area contributed by atoms with Gasteiger partial charge in [0.15, 0.2) is 11.5 Å². The number of esters is 1. The summed E-state index contributed by atoms with van der Waals surface area (Å²) < 4.78 is 21.8. The molecule has 2 aliphatic rings. The predicted octanol–water partition coefficient (Wildman–Crippen LogP) is 3.68. The van der Waals surface area contributed by atoms with Crippen molar-refractivity contribution in [2.45, 2.75) is 44.9 Å². The second-order valence-corrected chi connectivity index (χ2v) is 8.09. The summed E-state index contributed by atoms with van der Waals surface area (Å²) in [4.78, 5) is 39.9. The number of nitrogens with zero attached hydrogens (tertiary/aromatic N) is 1. The molecule has 1 N–H and O–H groups in total. The lowest BCUT2D eigenvalue weighted by atomic mass is 10.1. The standard InChI is InChI=1S/C25H28N2O7/c1-4-5-14-33-16-8-6-15(7-9-16)26-23(29)18-11-13-20(28)27(18)24-17-10-12-19(31-2)22(32-3)21(17)25(30)34-24/h6-10,12,18,24H,4-5,11,13-14H2,1-3H3,(H,26,29)/t18-,24+/m0/s1. The van der Waals surface area contributed by atoms with E-state index in [0.717, 1.165) is 18.6 Å². The van der Waals surface area contributed by atoms with Crippen LogP contribution in [-0.4, -0.2) is 49.6 Å². The highest BCUT2D eigenvalue weighted by molar-refractivity contribution is 6.01. The molecule has 0 bridgehead atoms. The molecule has 180 valence electrons. The Morgan fingerprint density at radius 2 is 1.88 bits per heavy atom. The van der Waals surface area contributed by atoms with Crippen molar-refractivity contribution < 1.29 is 33.3 Å². The van der Waals surface area contributed by atoms with Crippen molar-refractivity contribution in [1.29, 1.82) is 0 Å². The third kappa shape index (κ3) is 4.37. The number of carbonyl (C=O) groups is 3. The Morgan fingerprint density at radius 1 is 1.12 bits per heavy atom. The van der Waals surface area contributed by atoms with Crippen LogP contribution in [0.5, 0.6) is 17.2 Å². The van der Waals surface area contributed by atoms with E-state index in [1.165, 1.54) is 19.1 Å². The predicted molar refractivity (Wildman–Crippen MR) is 123 cm³/mol. The average molecular weight is 469 g/mol. The lowest BCUT2D eigenvalue weighted by molar-refractivity contribution is -0.144. The summed E-state index contributed by atoms with van der Waals surface area (Å²) in [6.45, 7) is 2.73. The van der Waals surface area contributed by atoms with Crippen LogP contribution in [0.15, 0.2) is 36.4 Å². The first-order valence-corrected chi connectivity index (χ1v) is 11.3. The summed E-state index contributed by atoms with van der Waals surface area (Å²) in [7, 11) is 2.90. The van der Waals surface area contributed by atoms with E-state index in [1.807, 2.05) is 0 Å². The van der Waals surface area contributed by atoms with Crippen molar-refractivity contribution in [1.82, 2.24) is 4.90 Å². The number of benzene rings is 2. The second-order valence-electron chi connectivity index (χ2n) is 8.09. The molecular weight excluding hydrogens is 440 g/mol. The molecule has 1 saturated heterocycles. The van der Waals surface area contributed by atoms with E-state index >= 15 is 0 Å². The molecule has 2 heterocycles. The molecule has 2 aromatic rings. The molecule has 2 amide bonds. The third-order valence-corrected chi connectivity index (χ3v) is 5.97. The van der Waals surface area contributed by atoms with Gasteiger partial charge in [-0.25, -0.2) is 4.79 Å². The fourth-order valence-corrected chi connectivity index (χ4v) is 4.24. The Bertz CT molecular complexity index is 1080. The van der Waals surface area contributed by atoms with Crippen LogP contribution in [0.25, 0.3) is 0 Å². The molecule has 0 spiro atoms. The summed E-state index contributed by atoms with van der Waals surface area (Å²) >= 11 is 0. The molecule has 2 aliphatic heterocycles. The highest BCUT2D eigenvalue weighted by Crippen LogP contribution is 2.45. The average Bonchev–Trinajstić information content (AvgIpc) is 3.39. The summed E-state index contributed by atoms with van der Waals surface area (Å²) in [5.74, 6) is 0.0939. The minimum atomic E-state index is -1.01. The Morgan fingerprint density at radius 3 is 2.56 bits per heavy atom. The summed E-state index contributed by atoms with van der Waals surface area (Å²) in [5.41, 5.74) is 1.25. The van der Waals surface area contributed by atoms with E-state index < -0.39 is 18.2 Å². The zero-order valence-electron chi connectivity index (χ0n) is 19.5. The largest absolute Gasteiger partial charge is 0.494 e. The first kappa shape index (κ1) is 23.4. The number of rotatable bonds is 9. The van der Waals surface area contributed by atoms with Gasteiger partial charge >= 0.3 is 5.97 Å². The summed E-state index contributed by atoms with van der Waals surface area (Å²) in [6.07, 6.45) is 1.50. The third-order valence-electron chi connectivity index (χ3n) is 5.97. The van der Waals surface area contributed by atoms with Crippen molar-refractivity contribution in [3.05, 3.63) is 47.5 Å². The number of likely N-dealkylation sites (tertiary alicyclic amines) is 1. The fourth-order valence-electron chi connectivity index (χ4n) is 4.24. The van der Waals surface area contributed by atoms with E-state index in [4.69, 9.17) is 18.9 Å². The van der Waals surface area contributed by atoms with Gasteiger partial charge in [0.1, 0.15) is 17.4 Å². The van der Waals surface area contributed by atoms with Crippen molar-refractivity contribution in [3.8, 4) is 17.2 Å². The van der Waals surface area contributed by atoms with Gasteiger partial charge in [0.05, 0.1) is 20.8 Å². The minimum absolute atomic E-state index is 0.180. The number of amides is 2. The number of nitrogens with one attached hydrogen (secondary N) is 1. The smallest absolute Gasteiger partial charge is 0.344 e. The number of cyclic esters (lactones) is 1. The molecule has 0 radical (unpaired) electrons. The lowest BCUT2D eigenvalue weighted by Gasteiger charge is -2.29. The van der Waals surface area contributed by atoms with Gasteiger partial charge in [-0.3, -0.25) is 14.5 Å². The van der Waals surface area contributed by atoms with Gasteiger partial charge in [0.25, 0.3) is 0 Å². The molecule has 9 heteroatoms. The van der Waals surface area contributed by atoms with Crippen LogP contribution in [0, 0.1) is 0 Å². The van der Waals surface area contributed by atoms with E-state index in [1.54, 1.807) is 36.4 Å². The SMILES string of the molecule is CCCCOc1ccc(NC(=O)[C@@H]2CCC(=O)N2[C@@H]2OC(=O)c3c2ccc(OC)c3OC)cc1. The topological polar surface area (TPSA) is 103 Å². The molecule has 0 aromatic heterocycles. The zero-order valence-corrected chi connectivity index (χ0v) is 19.5. The zero-order chi connectivity index (χ0) is 24.2. The van der Waals surface area contributed by atoms with Gasteiger partial charge in [-0.15, -0.1) is 0 Å². The van der Waals surface area contributed by atoms with Crippen molar-refractivity contribution >= 4 is 23.5 Å². The molecule has 0 unspecified atom stereocenters. The second kappa shape index (κ2) is 10.0. The van der Waals surface area contributed by atoms with Gasteiger partial charge in [-0.1, -0.05) is 13.3 Å². The molecule has 1 fully saturated rings. The normalized spacial score (nSPS) is 19.0. The van der Waals surface area contributed by atoms with Gasteiger partial charge in [-0.2, -0.15) is 0 Å².